The fraction of sp³-hybridized carbons (Fsp3) is 0.684. The number of hydrogen-bond acceptors (Lipinski definition) is 7. The number of aryl methyl sites for hydroxylation is 1. The van der Waals surface area contributed by atoms with Crippen LogP contribution in [-0.4, -0.2) is 69.4 Å². The van der Waals surface area contributed by atoms with Crippen molar-refractivity contribution in [1.29, 1.82) is 0 Å². The van der Waals surface area contributed by atoms with Crippen molar-refractivity contribution in [3.05, 3.63) is 12.0 Å². The molecule has 0 unspecified atom stereocenters. The molecule has 28 heavy (non-hydrogen) atoms. The zero-order chi connectivity index (χ0) is 19.7. The normalized spacial score (nSPS) is 20.6. The van der Waals surface area contributed by atoms with Crippen LogP contribution in [0.15, 0.2) is 6.20 Å². The van der Waals surface area contributed by atoms with Crippen LogP contribution in [-0.2, 0) is 23.2 Å². The molecule has 9 nitrogen and oxygen atoms in total. The quantitative estimate of drug-likeness (QED) is 0.810. The van der Waals surface area contributed by atoms with Crippen LogP contribution in [0.4, 0.5) is 5.82 Å². The van der Waals surface area contributed by atoms with Gasteiger partial charge in [0.1, 0.15) is 18.0 Å². The average molecular weight is 387 g/mol. The zero-order valence-corrected chi connectivity index (χ0v) is 16.7. The molecular formula is C19H29N7O2. The van der Waals surface area contributed by atoms with Crippen LogP contribution in [0.3, 0.4) is 0 Å². The van der Waals surface area contributed by atoms with E-state index >= 15 is 0 Å². The highest BCUT2D eigenvalue weighted by atomic mass is 16.5. The minimum absolute atomic E-state index is 0.191. The zero-order valence-electron chi connectivity index (χ0n) is 16.7. The number of piperidine rings is 2. The standard InChI is InChI=1S/C19H29N7O2/c1-24-16-14(12-21-24)17(23-15(22-16)13-28-2)25-10-6-19(7-11-25,18(20)27)26-8-4-3-5-9-26/h12H,3-11,13H2,1-2H3,(H2,20,27). The molecule has 0 atom stereocenters. The summed E-state index contributed by atoms with van der Waals surface area (Å²) in [6.07, 6.45) is 6.76. The smallest absolute Gasteiger partial charge is 0.238 e. The lowest BCUT2D eigenvalue weighted by Crippen LogP contribution is -2.63. The molecule has 0 saturated carbocycles. The first kappa shape index (κ1) is 19.1. The topological polar surface area (TPSA) is 102 Å². The van der Waals surface area contributed by atoms with Crippen molar-refractivity contribution in [1.82, 2.24) is 24.6 Å². The number of primary amides is 1. The minimum Gasteiger partial charge on any atom is -0.377 e. The summed E-state index contributed by atoms with van der Waals surface area (Å²) in [5, 5.41) is 5.27. The van der Waals surface area contributed by atoms with Gasteiger partial charge in [0, 0.05) is 27.2 Å². The SMILES string of the molecule is COCc1nc(N2CCC(C(N)=O)(N3CCCCC3)CC2)c2cnn(C)c2n1. The second-order valence-electron chi connectivity index (χ2n) is 7.83. The molecular weight excluding hydrogens is 358 g/mol. The van der Waals surface area contributed by atoms with Gasteiger partial charge in [0.25, 0.3) is 0 Å². The third-order valence-electron chi connectivity index (χ3n) is 6.20. The number of nitrogens with zero attached hydrogens (tertiary/aromatic N) is 6. The summed E-state index contributed by atoms with van der Waals surface area (Å²) in [5.74, 6) is 1.31. The number of hydrogen-bond donors (Lipinski definition) is 1. The summed E-state index contributed by atoms with van der Waals surface area (Å²) in [5.41, 5.74) is 6.18. The van der Waals surface area contributed by atoms with Crippen molar-refractivity contribution < 1.29 is 9.53 Å². The van der Waals surface area contributed by atoms with Gasteiger partial charge in [-0.15, -0.1) is 0 Å². The third kappa shape index (κ3) is 3.22. The van der Waals surface area contributed by atoms with Gasteiger partial charge in [-0.1, -0.05) is 6.42 Å². The van der Waals surface area contributed by atoms with Crippen molar-refractivity contribution in [3.8, 4) is 0 Å². The monoisotopic (exact) mass is 387 g/mol. The molecule has 2 aliphatic heterocycles. The molecule has 0 radical (unpaired) electrons. The van der Waals surface area contributed by atoms with Gasteiger partial charge in [-0.2, -0.15) is 5.10 Å². The van der Waals surface area contributed by atoms with E-state index in [9.17, 15) is 4.79 Å². The molecule has 4 heterocycles. The lowest BCUT2D eigenvalue weighted by atomic mass is 9.83. The fourth-order valence-electron chi connectivity index (χ4n) is 4.61. The van der Waals surface area contributed by atoms with Crippen LogP contribution in [0, 0.1) is 0 Å². The van der Waals surface area contributed by atoms with E-state index in [-0.39, 0.29) is 5.91 Å². The maximum Gasteiger partial charge on any atom is 0.238 e. The molecule has 1 amide bonds. The van der Waals surface area contributed by atoms with Gasteiger partial charge in [-0.3, -0.25) is 14.4 Å². The van der Waals surface area contributed by atoms with E-state index in [0.717, 1.165) is 55.9 Å². The van der Waals surface area contributed by atoms with Crippen molar-refractivity contribution in [3.63, 3.8) is 0 Å². The second-order valence-corrected chi connectivity index (χ2v) is 7.83. The number of fused-ring (bicyclic) bond motifs is 1. The lowest BCUT2D eigenvalue weighted by molar-refractivity contribution is -0.132. The molecule has 152 valence electrons. The van der Waals surface area contributed by atoms with Crippen LogP contribution in [0.2, 0.25) is 0 Å². The predicted octanol–water partition coefficient (Wildman–Crippen LogP) is 0.820. The summed E-state index contributed by atoms with van der Waals surface area (Å²) >= 11 is 0. The highest BCUT2D eigenvalue weighted by molar-refractivity contribution is 5.88. The Morgan fingerprint density at radius 2 is 1.89 bits per heavy atom. The van der Waals surface area contributed by atoms with Crippen molar-refractivity contribution in [2.75, 3.05) is 38.2 Å². The highest BCUT2D eigenvalue weighted by Gasteiger charge is 2.45. The lowest BCUT2D eigenvalue weighted by Gasteiger charge is -2.48. The van der Waals surface area contributed by atoms with E-state index in [1.54, 1.807) is 11.8 Å². The molecule has 9 heteroatoms. The van der Waals surface area contributed by atoms with Gasteiger partial charge in [0.15, 0.2) is 11.5 Å². The van der Waals surface area contributed by atoms with Gasteiger partial charge >= 0.3 is 0 Å². The molecule has 2 N–H and O–H groups in total. The van der Waals surface area contributed by atoms with E-state index in [2.05, 4.69) is 19.9 Å². The summed E-state index contributed by atoms with van der Waals surface area (Å²) < 4.78 is 6.99. The maximum absolute atomic E-state index is 12.5. The number of carbonyl (C=O) groups excluding carboxylic acids is 1. The fourth-order valence-corrected chi connectivity index (χ4v) is 4.61. The molecule has 2 aliphatic rings. The third-order valence-corrected chi connectivity index (χ3v) is 6.20. The molecule has 4 rings (SSSR count). The van der Waals surface area contributed by atoms with Gasteiger partial charge in [0.05, 0.1) is 11.6 Å². The van der Waals surface area contributed by atoms with Crippen LogP contribution in [0.1, 0.15) is 37.9 Å². The highest BCUT2D eigenvalue weighted by Crippen LogP contribution is 2.34. The first-order chi connectivity index (χ1) is 13.5. The van der Waals surface area contributed by atoms with Gasteiger partial charge in [-0.05, 0) is 38.8 Å². The maximum atomic E-state index is 12.5. The largest absolute Gasteiger partial charge is 0.377 e. The Labute approximate surface area is 164 Å². The van der Waals surface area contributed by atoms with E-state index < -0.39 is 5.54 Å². The van der Waals surface area contributed by atoms with Crippen LogP contribution in [0.5, 0.6) is 0 Å². The van der Waals surface area contributed by atoms with Gasteiger partial charge < -0.3 is 15.4 Å². The van der Waals surface area contributed by atoms with Gasteiger partial charge in [-0.25, -0.2) is 9.97 Å². The number of amides is 1. The number of carbonyl (C=O) groups is 1. The van der Waals surface area contributed by atoms with Crippen molar-refractivity contribution >= 4 is 22.8 Å². The Morgan fingerprint density at radius 3 is 2.54 bits per heavy atom. The molecule has 2 aromatic rings. The van der Waals surface area contributed by atoms with Crippen molar-refractivity contribution in [2.24, 2.45) is 12.8 Å². The molecule has 2 aromatic heterocycles. The first-order valence-corrected chi connectivity index (χ1v) is 10.0. The molecule has 0 spiro atoms. The minimum atomic E-state index is -0.534. The summed E-state index contributed by atoms with van der Waals surface area (Å²) in [4.78, 5) is 26.3. The molecule has 2 fully saturated rings. The summed E-state index contributed by atoms with van der Waals surface area (Å²) in [7, 11) is 3.51. The van der Waals surface area contributed by atoms with E-state index in [1.165, 1.54) is 6.42 Å². The van der Waals surface area contributed by atoms with E-state index in [0.29, 0.717) is 25.3 Å². The summed E-state index contributed by atoms with van der Waals surface area (Å²) in [6.45, 7) is 3.73. The van der Waals surface area contributed by atoms with Crippen LogP contribution in [0.25, 0.3) is 11.0 Å². The predicted molar refractivity (Wildman–Crippen MR) is 106 cm³/mol. The van der Waals surface area contributed by atoms with Crippen LogP contribution < -0.4 is 10.6 Å². The summed E-state index contributed by atoms with van der Waals surface area (Å²) in [6, 6.07) is 0. The molecule has 0 aliphatic carbocycles. The second kappa shape index (κ2) is 7.63. The number of nitrogens with two attached hydrogens (primary N) is 1. The van der Waals surface area contributed by atoms with E-state index in [1.807, 2.05) is 13.2 Å². The number of methoxy groups -OCH3 is 1. The number of likely N-dealkylation sites (tertiary alicyclic amines) is 1. The van der Waals surface area contributed by atoms with Crippen molar-refractivity contribution in [2.45, 2.75) is 44.2 Å². The van der Waals surface area contributed by atoms with Crippen LogP contribution >= 0.6 is 0 Å². The van der Waals surface area contributed by atoms with Gasteiger partial charge in [0.2, 0.25) is 5.91 Å². The number of rotatable bonds is 5. The van der Waals surface area contributed by atoms with E-state index in [4.69, 9.17) is 15.5 Å². The first-order valence-electron chi connectivity index (χ1n) is 10.0. The Hall–Kier alpha value is -2.26. The Kier molecular flexibility index (Phi) is 5.20. The number of aromatic nitrogens is 4. The number of ether oxygens (including phenoxy) is 1. The Morgan fingerprint density at radius 1 is 1.18 bits per heavy atom. The molecule has 0 bridgehead atoms. The molecule has 2 saturated heterocycles. The Balaban J connectivity index is 1.61. The number of anilines is 1. The average Bonchev–Trinajstić information content (AvgIpc) is 3.09. The molecule has 0 aromatic carbocycles. The Bertz CT molecular complexity index is 851.